The van der Waals surface area contributed by atoms with Crippen molar-refractivity contribution in [2.24, 2.45) is 4.99 Å². The van der Waals surface area contributed by atoms with E-state index in [4.69, 9.17) is 23.9 Å². The number of rotatable bonds is 9. The fourth-order valence-corrected chi connectivity index (χ4v) is 5.67. The molecule has 0 radical (unpaired) electrons. The zero-order chi connectivity index (χ0) is 25.5. The number of carbonyl (C=O) groups excluding carboxylic acids is 1. The van der Waals surface area contributed by atoms with Crippen molar-refractivity contribution in [1.29, 1.82) is 0 Å². The Hall–Kier alpha value is -3.52. The molecule has 4 rings (SSSR count). The van der Waals surface area contributed by atoms with Crippen LogP contribution in [0.4, 0.5) is 10.7 Å². The van der Waals surface area contributed by atoms with Crippen LogP contribution >= 0.6 is 11.3 Å². The number of nitrogens with one attached hydrogen (secondary N) is 1. The number of amides is 1. The van der Waals surface area contributed by atoms with Gasteiger partial charge in [0, 0.05) is 16.7 Å². The van der Waals surface area contributed by atoms with Crippen LogP contribution in [0.2, 0.25) is 0 Å². The highest BCUT2D eigenvalue weighted by atomic mass is 32.1. The van der Waals surface area contributed by atoms with Crippen molar-refractivity contribution in [1.82, 2.24) is 0 Å². The molecule has 3 aromatic rings. The summed E-state index contributed by atoms with van der Waals surface area (Å²) in [6, 6.07) is 11.2. The molecule has 7 nitrogen and oxygen atoms in total. The van der Waals surface area contributed by atoms with Crippen LogP contribution in [0.15, 0.2) is 41.4 Å². The molecule has 0 saturated heterocycles. The molecule has 1 N–H and O–H groups in total. The van der Waals surface area contributed by atoms with Gasteiger partial charge >= 0.3 is 0 Å². The summed E-state index contributed by atoms with van der Waals surface area (Å²) in [6.45, 7) is 2.44. The number of aryl methyl sites for hydroxylation is 1. The second kappa shape index (κ2) is 11.9. The Bertz CT molecular complexity index is 1250. The maximum Gasteiger partial charge on any atom is 0.259 e. The first kappa shape index (κ1) is 25.6. The minimum atomic E-state index is -0.173. The molecular weight excluding hydrogens is 476 g/mol. The van der Waals surface area contributed by atoms with E-state index in [1.165, 1.54) is 4.88 Å². The summed E-state index contributed by atoms with van der Waals surface area (Å²) in [5.74, 6) is 2.07. The number of benzene rings is 2. The first-order valence-electron chi connectivity index (χ1n) is 12.1. The molecule has 36 heavy (non-hydrogen) atoms. The maximum absolute atomic E-state index is 13.7. The fourth-order valence-electron chi connectivity index (χ4n) is 4.44. The third-order valence-electron chi connectivity index (χ3n) is 6.12. The number of nitrogens with zero attached hydrogens (tertiary/aromatic N) is 1. The average molecular weight is 509 g/mol. The predicted octanol–water partition coefficient (Wildman–Crippen LogP) is 6.44. The molecule has 1 aliphatic carbocycles. The highest BCUT2D eigenvalue weighted by Crippen LogP contribution is 2.42. The number of hydrogen-bond acceptors (Lipinski definition) is 7. The van der Waals surface area contributed by atoms with E-state index < -0.39 is 0 Å². The van der Waals surface area contributed by atoms with Crippen molar-refractivity contribution in [3.8, 4) is 23.0 Å². The van der Waals surface area contributed by atoms with Gasteiger partial charge in [-0.1, -0.05) is 18.6 Å². The molecule has 1 heterocycles. The zero-order valence-electron chi connectivity index (χ0n) is 21.2. The molecule has 1 aromatic heterocycles. The van der Waals surface area contributed by atoms with Crippen LogP contribution in [-0.2, 0) is 12.8 Å². The van der Waals surface area contributed by atoms with E-state index in [0.717, 1.165) is 43.2 Å². The Labute approximate surface area is 216 Å². The van der Waals surface area contributed by atoms with Crippen LogP contribution in [0.1, 0.15) is 52.5 Å². The van der Waals surface area contributed by atoms with Gasteiger partial charge in [-0.25, -0.2) is 4.99 Å². The van der Waals surface area contributed by atoms with E-state index in [-0.39, 0.29) is 5.91 Å². The van der Waals surface area contributed by atoms with Gasteiger partial charge in [0.2, 0.25) is 5.75 Å². The molecular formula is C28H32N2O5S. The summed E-state index contributed by atoms with van der Waals surface area (Å²) < 4.78 is 22.2. The van der Waals surface area contributed by atoms with E-state index in [0.29, 0.717) is 45.9 Å². The third kappa shape index (κ3) is 5.33. The smallest absolute Gasteiger partial charge is 0.259 e. The Balaban J connectivity index is 1.74. The normalized spacial score (nSPS) is 13.1. The van der Waals surface area contributed by atoms with Gasteiger partial charge in [-0.3, -0.25) is 4.79 Å². The number of ether oxygens (including phenoxy) is 4. The number of hydrogen-bond donors (Lipinski definition) is 1. The number of anilines is 1. The van der Waals surface area contributed by atoms with E-state index in [2.05, 4.69) is 5.32 Å². The monoisotopic (exact) mass is 508 g/mol. The molecule has 0 saturated carbocycles. The van der Waals surface area contributed by atoms with E-state index in [9.17, 15) is 4.79 Å². The SMILES string of the molecule is CCOc1ccccc1NC(=O)c1c(N=Cc2ccc(OC)c(OC)c2OC)sc2c1CCCCC2. The Morgan fingerprint density at radius 2 is 1.75 bits per heavy atom. The summed E-state index contributed by atoms with van der Waals surface area (Å²) in [5, 5.41) is 3.76. The van der Waals surface area contributed by atoms with Crippen molar-refractivity contribution >= 4 is 34.1 Å². The summed E-state index contributed by atoms with van der Waals surface area (Å²) in [7, 11) is 4.73. The second-order valence-electron chi connectivity index (χ2n) is 8.31. The molecule has 0 spiro atoms. The lowest BCUT2D eigenvalue weighted by Gasteiger charge is -2.14. The van der Waals surface area contributed by atoms with Gasteiger partial charge in [-0.2, -0.15) is 0 Å². The molecule has 0 bridgehead atoms. The standard InChI is InChI=1S/C28H32N2O5S/c1-5-35-21-13-10-9-12-20(21)30-27(31)24-19-11-7-6-8-14-23(19)36-28(24)29-17-18-15-16-22(32-2)26(34-4)25(18)33-3/h9-10,12-13,15-17H,5-8,11,14H2,1-4H3,(H,30,31). The lowest BCUT2D eigenvalue weighted by molar-refractivity contribution is 0.102. The van der Waals surface area contributed by atoms with Gasteiger partial charge in [-0.05, 0) is 62.4 Å². The van der Waals surface area contributed by atoms with Crippen LogP contribution in [0.25, 0.3) is 0 Å². The van der Waals surface area contributed by atoms with E-state index in [1.54, 1.807) is 38.9 Å². The molecule has 190 valence electrons. The third-order valence-corrected chi connectivity index (χ3v) is 7.32. The fraction of sp³-hybridized carbons (Fsp3) is 0.357. The van der Waals surface area contributed by atoms with Gasteiger partial charge in [0.1, 0.15) is 10.8 Å². The van der Waals surface area contributed by atoms with Gasteiger partial charge < -0.3 is 24.3 Å². The first-order valence-corrected chi connectivity index (χ1v) is 12.9. The number of aliphatic imine (C=N–C) groups is 1. The van der Waals surface area contributed by atoms with Crippen molar-refractivity contribution in [3.05, 3.63) is 58.0 Å². The van der Waals surface area contributed by atoms with Gasteiger partial charge in [0.25, 0.3) is 5.91 Å². The molecule has 0 atom stereocenters. The van der Waals surface area contributed by atoms with E-state index in [1.807, 2.05) is 43.3 Å². The summed E-state index contributed by atoms with van der Waals surface area (Å²) in [4.78, 5) is 19.7. The van der Waals surface area contributed by atoms with Gasteiger partial charge in [-0.15, -0.1) is 11.3 Å². The topological polar surface area (TPSA) is 78.4 Å². The highest BCUT2D eigenvalue weighted by molar-refractivity contribution is 7.16. The summed E-state index contributed by atoms with van der Waals surface area (Å²) >= 11 is 1.59. The predicted molar refractivity (Wildman–Crippen MR) is 144 cm³/mol. The van der Waals surface area contributed by atoms with Crippen molar-refractivity contribution in [2.75, 3.05) is 33.3 Å². The Morgan fingerprint density at radius 1 is 0.972 bits per heavy atom. The molecule has 8 heteroatoms. The molecule has 1 amide bonds. The van der Waals surface area contributed by atoms with Gasteiger partial charge in [0.05, 0.1) is 39.2 Å². The van der Waals surface area contributed by atoms with Crippen LogP contribution in [0, 0.1) is 0 Å². The molecule has 0 aliphatic heterocycles. The Morgan fingerprint density at radius 3 is 2.50 bits per heavy atom. The summed E-state index contributed by atoms with van der Waals surface area (Å²) in [6.07, 6.45) is 6.90. The number of para-hydroxylation sites is 2. The van der Waals surface area contributed by atoms with Crippen LogP contribution < -0.4 is 24.3 Å². The van der Waals surface area contributed by atoms with Crippen LogP contribution in [-0.4, -0.2) is 40.1 Å². The minimum Gasteiger partial charge on any atom is -0.493 e. The van der Waals surface area contributed by atoms with Crippen molar-refractivity contribution in [3.63, 3.8) is 0 Å². The minimum absolute atomic E-state index is 0.173. The highest BCUT2D eigenvalue weighted by Gasteiger charge is 2.25. The van der Waals surface area contributed by atoms with Gasteiger partial charge in [0.15, 0.2) is 11.5 Å². The lowest BCUT2D eigenvalue weighted by atomic mass is 10.0. The second-order valence-corrected chi connectivity index (χ2v) is 9.39. The number of carbonyl (C=O) groups is 1. The van der Waals surface area contributed by atoms with E-state index >= 15 is 0 Å². The molecule has 0 unspecified atom stereocenters. The molecule has 1 aliphatic rings. The zero-order valence-corrected chi connectivity index (χ0v) is 22.0. The molecule has 0 fully saturated rings. The number of fused-ring (bicyclic) bond motifs is 1. The Kier molecular flexibility index (Phi) is 8.48. The first-order chi connectivity index (χ1) is 17.6. The van der Waals surface area contributed by atoms with Crippen LogP contribution in [0.5, 0.6) is 23.0 Å². The van der Waals surface area contributed by atoms with Crippen molar-refractivity contribution in [2.45, 2.75) is 39.0 Å². The number of thiophene rings is 1. The average Bonchev–Trinajstić information content (AvgIpc) is 3.08. The quantitative estimate of drug-likeness (QED) is 0.266. The van der Waals surface area contributed by atoms with Crippen LogP contribution in [0.3, 0.4) is 0 Å². The molecule has 2 aromatic carbocycles. The maximum atomic E-state index is 13.7. The van der Waals surface area contributed by atoms with Crippen molar-refractivity contribution < 1.29 is 23.7 Å². The summed E-state index contributed by atoms with van der Waals surface area (Å²) in [5.41, 5.74) is 3.12. The number of methoxy groups -OCH3 is 3. The lowest BCUT2D eigenvalue weighted by Crippen LogP contribution is -2.14. The largest absolute Gasteiger partial charge is 0.493 e.